The molecular formula is C27H36FN5O3. The van der Waals surface area contributed by atoms with Gasteiger partial charge in [-0.2, -0.15) is 0 Å². The fraction of sp³-hybridized carbons (Fsp3) is 0.370. The number of anilines is 2. The van der Waals surface area contributed by atoms with Crippen molar-refractivity contribution in [2.45, 2.75) is 40.2 Å². The van der Waals surface area contributed by atoms with E-state index >= 15 is 0 Å². The summed E-state index contributed by atoms with van der Waals surface area (Å²) in [6, 6.07) is 9.85. The summed E-state index contributed by atoms with van der Waals surface area (Å²) in [4.78, 5) is 30.5. The molecule has 0 saturated heterocycles. The Labute approximate surface area is 212 Å². The number of rotatable bonds is 13. The third-order valence-electron chi connectivity index (χ3n) is 5.29. The Morgan fingerprint density at radius 1 is 1.17 bits per heavy atom. The molecule has 0 saturated carbocycles. The van der Waals surface area contributed by atoms with E-state index in [2.05, 4.69) is 27.5 Å². The number of hydrogen-bond donors (Lipinski definition) is 3. The van der Waals surface area contributed by atoms with E-state index in [1.807, 2.05) is 27.8 Å². The minimum absolute atomic E-state index is 0.0317. The minimum atomic E-state index is -0.508. The van der Waals surface area contributed by atoms with E-state index in [1.54, 1.807) is 48.4 Å². The number of ether oxygens (including phenoxy) is 1. The average Bonchev–Trinajstić information content (AvgIpc) is 2.80. The molecule has 0 aromatic heterocycles. The lowest BCUT2D eigenvalue weighted by molar-refractivity contribution is -0.135. The fourth-order valence-corrected chi connectivity index (χ4v) is 3.61. The highest BCUT2D eigenvalue weighted by molar-refractivity contribution is 6.03. The maximum atomic E-state index is 15.0. The van der Waals surface area contributed by atoms with Crippen LogP contribution in [0.1, 0.15) is 39.7 Å². The van der Waals surface area contributed by atoms with Crippen molar-refractivity contribution in [3.8, 4) is 5.75 Å². The summed E-state index contributed by atoms with van der Waals surface area (Å²) < 4.78 is 20.6. The standard InChI is InChI=1S/C27H36FN5O3/c1-7-30-24-16-22(36-14-13-29-6)15-23(28)27(24)19(5)31-20-9-11-21(12-10-20)32-25(34)17-26(35)33(8-2)18(3)4/h7,9-12,15-16,18,29,31H,5,8,13-14,17H2,1-4,6H3,(H,32,34). The van der Waals surface area contributed by atoms with Crippen molar-refractivity contribution in [1.82, 2.24) is 10.2 Å². The van der Waals surface area contributed by atoms with E-state index in [9.17, 15) is 14.0 Å². The maximum Gasteiger partial charge on any atom is 0.233 e. The van der Waals surface area contributed by atoms with Crippen LogP contribution < -0.4 is 20.7 Å². The van der Waals surface area contributed by atoms with Gasteiger partial charge in [-0.3, -0.25) is 14.6 Å². The van der Waals surface area contributed by atoms with Gasteiger partial charge in [0.05, 0.1) is 11.3 Å². The largest absolute Gasteiger partial charge is 0.492 e. The van der Waals surface area contributed by atoms with Gasteiger partial charge in [0, 0.05) is 54.6 Å². The monoisotopic (exact) mass is 497 g/mol. The first kappa shape index (κ1) is 28.5. The lowest BCUT2D eigenvalue weighted by atomic mass is 10.1. The molecule has 0 atom stereocenters. The predicted octanol–water partition coefficient (Wildman–Crippen LogP) is 4.81. The van der Waals surface area contributed by atoms with Crippen LogP contribution in [-0.2, 0) is 9.59 Å². The molecule has 0 aliphatic heterocycles. The molecular weight excluding hydrogens is 461 g/mol. The summed E-state index contributed by atoms with van der Waals surface area (Å²) in [5.74, 6) is -0.726. The Morgan fingerprint density at radius 2 is 1.81 bits per heavy atom. The second-order valence-corrected chi connectivity index (χ2v) is 8.32. The number of amides is 2. The zero-order chi connectivity index (χ0) is 26.7. The molecule has 0 radical (unpaired) electrons. The quantitative estimate of drug-likeness (QED) is 0.210. The predicted molar refractivity (Wildman–Crippen MR) is 145 cm³/mol. The van der Waals surface area contributed by atoms with Gasteiger partial charge in [0.1, 0.15) is 24.6 Å². The Balaban J connectivity index is 2.07. The van der Waals surface area contributed by atoms with Crippen molar-refractivity contribution >= 4 is 40.8 Å². The Bertz CT molecular complexity index is 1080. The molecule has 0 spiro atoms. The third-order valence-corrected chi connectivity index (χ3v) is 5.29. The molecule has 2 amide bonds. The van der Waals surface area contributed by atoms with Crippen LogP contribution >= 0.6 is 0 Å². The number of benzene rings is 2. The summed E-state index contributed by atoms with van der Waals surface area (Å²) in [5.41, 5.74) is 2.14. The zero-order valence-corrected chi connectivity index (χ0v) is 21.7. The van der Waals surface area contributed by atoms with Crippen molar-refractivity contribution in [2.24, 2.45) is 4.99 Å². The molecule has 2 aromatic carbocycles. The second kappa shape index (κ2) is 14.0. The normalized spacial score (nSPS) is 11.0. The summed E-state index contributed by atoms with van der Waals surface area (Å²) in [6.07, 6.45) is 1.35. The van der Waals surface area contributed by atoms with Gasteiger partial charge in [-0.1, -0.05) is 6.58 Å². The van der Waals surface area contributed by atoms with Crippen LogP contribution in [0.2, 0.25) is 0 Å². The summed E-state index contributed by atoms with van der Waals surface area (Å²) >= 11 is 0. The SMILES string of the molecule is C=C(Nc1ccc(NC(=O)CC(=O)N(CC)C(C)C)cc1)c1c(F)cc(OCCNC)cc1N=CC. The minimum Gasteiger partial charge on any atom is -0.492 e. The summed E-state index contributed by atoms with van der Waals surface area (Å²) in [6.45, 7) is 13.0. The van der Waals surface area contributed by atoms with E-state index in [1.165, 1.54) is 6.07 Å². The molecule has 8 nitrogen and oxygen atoms in total. The van der Waals surface area contributed by atoms with E-state index in [-0.39, 0.29) is 29.8 Å². The maximum absolute atomic E-state index is 15.0. The van der Waals surface area contributed by atoms with Gasteiger partial charge < -0.3 is 25.6 Å². The van der Waals surface area contributed by atoms with Gasteiger partial charge in [0.25, 0.3) is 0 Å². The number of carbonyl (C=O) groups excluding carboxylic acids is 2. The van der Waals surface area contributed by atoms with E-state index in [4.69, 9.17) is 4.74 Å². The van der Waals surface area contributed by atoms with Gasteiger partial charge in [-0.05, 0) is 59.0 Å². The van der Waals surface area contributed by atoms with Crippen LogP contribution in [-0.4, -0.2) is 55.7 Å². The molecule has 0 bridgehead atoms. The zero-order valence-electron chi connectivity index (χ0n) is 21.7. The molecule has 0 fully saturated rings. The van der Waals surface area contributed by atoms with Crippen LogP contribution in [0.15, 0.2) is 48.0 Å². The molecule has 9 heteroatoms. The molecule has 0 aliphatic carbocycles. The number of likely N-dealkylation sites (N-methyl/N-ethyl adjacent to an activating group) is 1. The molecule has 0 unspecified atom stereocenters. The molecule has 2 rings (SSSR count). The topological polar surface area (TPSA) is 95.1 Å². The Hall–Kier alpha value is -3.72. The van der Waals surface area contributed by atoms with Crippen molar-refractivity contribution in [1.29, 1.82) is 0 Å². The average molecular weight is 498 g/mol. The van der Waals surface area contributed by atoms with Crippen molar-refractivity contribution in [3.05, 3.63) is 54.4 Å². The van der Waals surface area contributed by atoms with Gasteiger partial charge in [-0.25, -0.2) is 4.39 Å². The summed E-state index contributed by atoms with van der Waals surface area (Å²) in [7, 11) is 1.81. The van der Waals surface area contributed by atoms with Crippen LogP contribution in [0, 0.1) is 5.82 Å². The van der Waals surface area contributed by atoms with Gasteiger partial charge in [0.2, 0.25) is 11.8 Å². The number of nitrogens with one attached hydrogen (secondary N) is 3. The molecule has 36 heavy (non-hydrogen) atoms. The highest BCUT2D eigenvalue weighted by Gasteiger charge is 2.19. The van der Waals surface area contributed by atoms with E-state index < -0.39 is 5.82 Å². The first-order valence-corrected chi connectivity index (χ1v) is 11.9. The van der Waals surface area contributed by atoms with Crippen LogP contribution in [0.5, 0.6) is 5.75 Å². The van der Waals surface area contributed by atoms with Gasteiger partial charge in [-0.15, -0.1) is 0 Å². The number of hydrogen-bond acceptors (Lipinski definition) is 6. The first-order valence-electron chi connectivity index (χ1n) is 11.9. The van der Waals surface area contributed by atoms with Crippen LogP contribution in [0.25, 0.3) is 5.70 Å². The third kappa shape index (κ3) is 8.20. The number of carbonyl (C=O) groups is 2. The number of nitrogens with zero attached hydrogens (tertiary/aromatic N) is 2. The van der Waals surface area contributed by atoms with Crippen LogP contribution in [0.4, 0.5) is 21.5 Å². The Morgan fingerprint density at radius 3 is 2.36 bits per heavy atom. The molecule has 0 aliphatic rings. The van der Waals surface area contributed by atoms with Crippen molar-refractivity contribution < 1.29 is 18.7 Å². The number of aliphatic imine (C=N–C) groups is 1. The van der Waals surface area contributed by atoms with E-state index in [0.717, 1.165) is 0 Å². The molecule has 0 heterocycles. The van der Waals surface area contributed by atoms with Gasteiger partial charge >= 0.3 is 0 Å². The molecule has 2 aromatic rings. The second-order valence-electron chi connectivity index (χ2n) is 8.32. The Kier molecular flexibility index (Phi) is 11.1. The van der Waals surface area contributed by atoms with Crippen molar-refractivity contribution in [3.63, 3.8) is 0 Å². The lowest BCUT2D eigenvalue weighted by Crippen LogP contribution is -2.38. The molecule has 3 N–H and O–H groups in total. The lowest BCUT2D eigenvalue weighted by Gasteiger charge is -2.24. The van der Waals surface area contributed by atoms with E-state index in [0.29, 0.717) is 48.2 Å². The van der Waals surface area contributed by atoms with Gasteiger partial charge in [0.15, 0.2) is 0 Å². The van der Waals surface area contributed by atoms with Crippen molar-refractivity contribution in [2.75, 3.05) is 37.4 Å². The highest BCUT2D eigenvalue weighted by atomic mass is 19.1. The highest BCUT2D eigenvalue weighted by Crippen LogP contribution is 2.33. The first-order chi connectivity index (χ1) is 17.2. The number of halogens is 1. The van der Waals surface area contributed by atoms with Crippen LogP contribution in [0.3, 0.4) is 0 Å². The molecule has 194 valence electrons. The summed E-state index contributed by atoms with van der Waals surface area (Å²) in [5, 5.41) is 8.79. The smallest absolute Gasteiger partial charge is 0.233 e. The fourth-order valence-electron chi connectivity index (χ4n) is 3.61.